The van der Waals surface area contributed by atoms with E-state index in [2.05, 4.69) is 27.7 Å². The van der Waals surface area contributed by atoms with Crippen LogP contribution in [0.5, 0.6) is 0 Å². The number of imidazole rings is 1. The summed E-state index contributed by atoms with van der Waals surface area (Å²) in [6, 6.07) is 2.00. The van der Waals surface area contributed by atoms with Crippen LogP contribution in [0.1, 0.15) is 12.3 Å². The first-order valence-electron chi connectivity index (χ1n) is 4.12. The summed E-state index contributed by atoms with van der Waals surface area (Å²) < 4.78 is 2.15. The molecule has 0 saturated heterocycles. The fourth-order valence-corrected chi connectivity index (χ4v) is 1.68. The van der Waals surface area contributed by atoms with Crippen molar-refractivity contribution in [2.45, 2.75) is 12.3 Å². The van der Waals surface area contributed by atoms with Crippen molar-refractivity contribution in [3.05, 3.63) is 24.8 Å². The summed E-state index contributed by atoms with van der Waals surface area (Å²) in [5, 5.41) is 0.424. The number of rotatable bonds is 2. The van der Waals surface area contributed by atoms with Crippen LogP contribution in [0, 0.1) is 0 Å². The highest BCUT2D eigenvalue weighted by molar-refractivity contribution is 7.98. The summed E-state index contributed by atoms with van der Waals surface area (Å²) in [5.74, 6) is 0. The van der Waals surface area contributed by atoms with Gasteiger partial charge in [0, 0.05) is 6.20 Å². The Bertz CT molecular complexity index is 410. The average Bonchev–Trinajstić information content (AvgIpc) is 2.60. The van der Waals surface area contributed by atoms with Crippen LogP contribution in [0.2, 0.25) is 0 Å². The number of thioether (sulfide) groups is 1. The Morgan fingerprint density at radius 2 is 2.38 bits per heavy atom. The summed E-state index contributed by atoms with van der Waals surface area (Å²) >= 11 is 1.80. The number of nitrogens with zero attached hydrogens (tertiary/aromatic N) is 3. The van der Waals surface area contributed by atoms with Crippen molar-refractivity contribution in [3.63, 3.8) is 0 Å². The van der Waals surface area contributed by atoms with Gasteiger partial charge in [0.25, 0.3) is 0 Å². The third-order valence-electron chi connectivity index (χ3n) is 2.11. The SMILES string of the molecule is CSC(C)n1cnc2cnccc21. The third kappa shape index (κ3) is 1.42. The molecule has 3 nitrogen and oxygen atoms in total. The number of hydrogen-bond acceptors (Lipinski definition) is 3. The van der Waals surface area contributed by atoms with Crippen molar-refractivity contribution in [1.29, 1.82) is 0 Å². The van der Waals surface area contributed by atoms with Crippen LogP contribution in [0.25, 0.3) is 11.0 Å². The number of hydrogen-bond donors (Lipinski definition) is 0. The largest absolute Gasteiger partial charge is 0.318 e. The van der Waals surface area contributed by atoms with Crippen molar-refractivity contribution in [3.8, 4) is 0 Å². The molecule has 13 heavy (non-hydrogen) atoms. The predicted molar refractivity (Wildman–Crippen MR) is 55.8 cm³/mol. The minimum atomic E-state index is 0.424. The normalized spacial score (nSPS) is 13.4. The van der Waals surface area contributed by atoms with E-state index < -0.39 is 0 Å². The first kappa shape index (κ1) is 8.56. The van der Waals surface area contributed by atoms with Crippen LogP contribution in [0.4, 0.5) is 0 Å². The monoisotopic (exact) mass is 193 g/mol. The Balaban J connectivity index is 2.57. The van der Waals surface area contributed by atoms with E-state index in [-0.39, 0.29) is 0 Å². The second-order valence-electron chi connectivity index (χ2n) is 2.85. The molecule has 0 N–H and O–H groups in total. The zero-order valence-corrected chi connectivity index (χ0v) is 8.45. The Hall–Kier alpha value is -1.03. The predicted octanol–water partition coefficient (Wildman–Crippen LogP) is 2.31. The summed E-state index contributed by atoms with van der Waals surface area (Å²) in [6.07, 6.45) is 7.55. The Morgan fingerprint density at radius 3 is 3.15 bits per heavy atom. The lowest BCUT2D eigenvalue weighted by Crippen LogP contribution is -1.97. The fraction of sp³-hybridized carbons (Fsp3) is 0.333. The minimum absolute atomic E-state index is 0.424. The topological polar surface area (TPSA) is 30.7 Å². The molecular formula is C9H11N3S. The second-order valence-corrected chi connectivity index (χ2v) is 4.00. The molecule has 0 aliphatic heterocycles. The molecule has 2 aromatic heterocycles. The number of pyridine rings is 1. The van der Waals surface area contributed by atoms with Gasteiger partial charge in [-0.15, -0.1) is 11.8 Å². The standard InChI is InChI=1S/C9H11N3S/c1-7(13-2)12-6-11-8-5-10-4-3-9(8)12/h3-7H,1-2H3. The van der Waals surface area contributed by atoms with Crippen LogP contribution in [-0.4, -0.2) is 20.8 Å². The highest BCUT2D eigenvalue weighted by atomic mass is 32.2. The smallest absolute Gasteiger partial charge is 0.107 e. The van der Waals surface area contributed by atoms with Crippen LogP contribution < -0.4 is 0 Å². The summed E-state index contributed by atoms with van der Waals surface area (Å²) in [4.78, 5) is 8.30. The molecule has 1 atom stereocenters. The van der Waals surface area contributed by atoms with Gasteiger partial charge in [-0.25, -0.2) is 4.98 Å². The molecule has 0 spiro atoms. The lowest BCUT2D eigenvalue weighted by Gasteiger charge is -2.10. The molecule has 2 aromatic rings. The first-order chi connectivity index (χ1) is 6.33. The van der Waals surface area contributed by atoms with Crippen molar-refractivity contribution in [1.82, 2.24) is 14.5 Å². The highest BCUT2D eigenvalue weighted by Gasteiger charge is 2.06. The molecule has 0 fully saturated rings. The van der Waals surface area contributed by atoms with Crippen LogP contribution >= 0.6 is 11.8 Å². The zero-order chi connectivity index (χ0) is 9.26. The molecule has 0 aliphatic carbocycles. The van der Waals surface area contributed by atoms with E-state index in [0.717, 1.165) is 11.0 Å². The molecule has 2 rings (SSSR count). The fourth-order valence-electron chi connectivity index (χ4n) is 1.29. The lowest BCUT2D eigenvalue weighted by atomic mass is 10.4. The highest BCUT2D eigenvalue weighted by Crippen LogP contribution is 2.23. The van der Waals surface area contributed by atoms with E-state index in [4.69, 9.17) is 0 Å². The maximum atomic E-state index is 4.27. The molecule has 2 heterocycles. The lowest BCUT2D eigenvalue weighted by molar-refractivity contribution is 0.764. The molecule has 4 heteroatoms. The van der Waals surface area contributed by atoms with E-state index in [1.165, 1.54) is 0 Å². The molecule has 0 amide bonds. The number of fused-ring (bicyclic) bond motifs is 1. The van der Waals surface area contributed by atoms with Crippen LogP contribution in [-0.2, 0) is 0 Å². The molecule has 0 aliphatic rings. The van der Waals surface area contributed by atoms with Gasteiger partial charge in [0.1, 0.15) is 5.52 Å². The van der Waals surface area contributed by atoms with Crippen molar-refractivity contribution < 1.29 is 0 Å². The zero-order valence-electron chi connectivity index (χ0n) is 7.64. The van der Waals surface area contributed by atoms with Gasteiger partial charge in [-0.1, -0.05) is 0 Å². The minimum Gasteiger partial charge on any atom is -0.318 e. The summed E-state index contributed by atoms with van der Waals surface area (Å²) in [6.45, 7) is 2.16. The van der Waals surface area contributed by atoms with Gasteiger partial charge in [0.2, 0.25) is 0 Å². The van der Waals surface area contributed by atoms with E-state index in [9.17, 15) is 0 Å². The first-order valence-corrected chi connectivity index (χ1v) is 5.41. The van der Waals surface area contributed by atoms with Crippen LogP contribution in [0.3, 0.4) is 0 Å². The van der Waals surface area contributed by atoms with E-state index >= 15 is 0 Å². The Labute approximate surface area is 81.2 Å². The maximum Gasteiger partial charge on any atom is 0.107 e. The molecule has 0 saturated carbocycles. The van der Waals surface area contributed by atoms with Gasteiger partial charge >= 0.3 is 0 Å². The molecule has 68 valence electrons. The van der Waals surface area contributed by atoms with Crippen molar-refractivity contribution in [2.24, 2.45) is 0 Å². The summed E-state index contributed by atoms with van der Waals surface area (Å²) in [5.41, 5.74) is 2.11. The van der Waals surface area contributed by atoms with Gasteiger partial charge < -0.3 is 4.57 Å². The quantitative estimate of drug-likeness (QED) is 0.733. The van der Waals surface area contributed by atoms with Gasteiger partial charge in [-0.05, 0) is 19.2 Å². The van der Waals surface area contributed by atoms with Crippen LogP contribution in [0.15, 0.2) is 24.8 Å². The van der Waals surface area contributed by atoms with Crippen molar-refractivity contribution >= 4 is 22.8 Å². The van der Waals surface area contributed by atoms with E-state index in [1.54, 1.807) is 24.2 Å². The molecular weight excluding hydrogens is 182 g/mol. The Morgan fingerprint density at radius 1 is 1.54 bits per heavy atom. The van der Waals surface area contributed by atoms with Gasteiger partial charge in [-0.2, -0.15) is 0 Å². The summed E-state index contributed by atoms with van der Waals surface area (Å²) in [7, 11) is 0. The van der Waals surface area contributed by atoms with Gasteiger partial charge in [0.15, 0.2) is 0 Å². The van der Waals surface area contributed by atoms with Crippen molar-refractivity contribution in [2.75, 3.05) is 6.26 Å². The maximum absolute atomic E-state index is 4.27. The Kier molecular flexibility index (Phi) is 2.22. The molecule has 0 bridgehead atoms. The molecule has 0 aromatic carbocycles. The number of aromatic nitrogens is 3. The molecule has 1 unspecified atom stereocenters. The average molecular weight is 193 g/mol. The second kappa shape index (κ2) is 3.38. The van der Waals surface area contributed by atoms with E-state index in [1.807, 2.05) is 12.4 Å². The third-order valence-corrected chi connectivity index (χ3v) is 3.02. The molecule has 0 radical (unpaired) electrons. The van der Waals surface area contributed by atoms with Gasteiger partial charge in [-0.3, -0.25) is 4.98 Å². The van der Waals surface area contributed by atoms with E-state index in [0.29, 0.717) is 5.37 Å². The van der Waals surface area contributed by atoms with Gasteiger partial charge in [0.05, 0.1) is 23.4 Å².